The van der Waals surface area contributed by atoms with Gasteiger partial charge in [0.1, 0.15) is 0 Å². The maximum atomic E-state index is 5.58. The van der Waals surface area contributed by atoms with Crippen molar-refractivity contribution >= 4 is 18.0 Å². The minimum atomic E-state index is 0. The van der Waals surface area contributed by atoms with Crippen LogP contribution in [0, 0.1) is 0 Å². The van der Waals surface area contributed by atoms with Crippen molar-refractivity contribution < 1.29 is 0 Å². The zero-order chi connectivity index (χ0) is 7.68. The van der Waals surface area contributed by atoms with E-state index in [1.807, 2.05) is 0 Å². The molecule has 1 aliphatic rings. The van der Waals surface area contributed by atoms with Gasteiger partial charge in [0.15, 0.2) is 0 Å². The summed E-state index contributed by atoms with van der Waals surface area (Å²) >= 11 is 0. The molecule has 1 aliphatic carbocycles. The topological polar surface area (TPSA) is 26.0 Å². The lowest BCUT2D eigenvalue weighted by atomic mass is 10.1. The normalized spacial score (nSPS) is 13.2. The molecule has 0 aromatic heterocycles. The molecule has 0 heterocycles. The van der Waals surface area contributed by atoms with Gasteiger partial charge in [-0.3, -0.25) is 0 Å². The van der Waals surface area contributed by atoms with E-state index in [4.69, 9.17) is 5.73 Å². The summed E-state index contributed by atoms with van der Waals surface area (Å²) in [5, 5.41) is 0. The van der Waals surface area contributed by atoms with Crippen molar-refractivity contribution in [2.24, 2.45) is 5.73 Å². The molecular formula is C10H12ClN. The minimum Gasteiger partial charge on any atom is -0.326 e. The number of rotatable bonds is 1. The Kier molecular flexibility index (Phi) is 2.90. The van der Waals surface area contributed by atoms with Crippen LogP contribution in [0.25, 0.3) is 5.57 Å². The Morgan fingerprint density at radius 3 is 2.75 bits per heavy atom. The van der Waals surface area contributed by atoms with E-state index in [9.17, 15) is 0 Å². The van der Waals surface area contributed by atoms with Gasteiger partial charge < -0.3 is 5.73 Å². The molecule has 0 amide bonds. The molecule has 0 radical (unpaired) electrons. The summed E-state index contributed by atoms with van der Waals surface area (Å²) in [6, 6.07) is 8.44. The fourth-order valence-electron chi connectivity index (χ4n) is 1.55. The molecule has 0 saturated carbocycles. The maximum absolute atomic E-state index is 5.58. The molecule has 0 fully saturated rings. The molecule has 1 nitrogen and oxygen atoms in total. The lowest BCUT2D eigenvalue weighted by molar-refractivity contribution is 1.27. The lowest BCUT2D eigenvalue weighted by Crippen LogP contribution is -2.00. The SMILES string of the molecule is Cl.NCC1=CCc2ccccc21. The minimum absolute atomic E-state index is 0. The molecule has 2 N–H and O–H groups in total. The standard InChI is InChI=1S/C10H11N.ClH/c11-7-9-6-5-8-3-1-2-4-10(8)9;/h1-4,6H,5,7,11H2;1H. The van der Waals surface area contributed by atoms with Crippen molar-refractivity contribution in [2.75, 3.05) is 6.54 Å². The van der Waals surface area contributed by atoms with E-state index < -0.39 is 0 Å². The highest BCUT2D eigenvalue weighted by Gasteiger charge is 2.10. The van der Waals surface area contributed by atoms with Gasteiger partial charge in [-0.05, 0) is 23.1 Å². The molecule has 0 saturated heterocycles. The highest BCUT2D eigenvalue weighted by molar-refractivity contribution is 5.85. The van der Waals surface area contributed by atoms with Gasteiger partial charge in [0.2, 0.25) is 0 Å². The van der Waals surface area contributed by atoms with Crippen molar-refractivity contribution in [1.29, 1.82) is 0 Å². The predicted molar refractivity (Wildman–Crippen MR) is 54.4 cm³/mol. The Balaban J connectivity index is 0.000000720. The van der Waals surface area contributed by atoms with Crippen molar-refractivity contribution in [2.45, 2.75) is 6.42 Å². The Morgan fingerprint density at radius 2 is 2.00 bits per heavy atom. The van der Waals surface area contributed by atoms with Gasteiger partial charge >= 0.3 is 0 Å². The first-order chi connectivity index (χ1) is 5.42. The summed E-state index contributed by atoms with van der Waals surface area (Å²) in [5.74, 6) is 0. The number of hydrogen-bond donors (Lipinski definition) is 1. The second kappa shape index (κ2) is 3.74. The monoisotopic (exact) mass is 181 g/mol. The lowest BCUT2D eigenvalue weighted by Gasteiger charge is -2.00. The van der Waals surface area contributed by atoms with Gasteiger partial charge in [-0.1, -0.05) is 30.3 Å². The van der Waals surface area contributed by atoms with Crippen LogP contribution in [0.2, 0.25) is 0 Å². The zero-order valence-corrected chi connectivity index (χ0v) is 7.60. The molecule has 12 heavy (non-hydrogen) atoms. The zero-order valence-electron chi connectivity index (χ0n) is 6.79. The van der Waals surface area contributed by atoms with Crippen LogP contribution in [0.1, 0.15) is 11.1 Å². The molecule has 64 valence electrons. The third-order valence-corrected chi connectivity index (χ3v) is 2.15. The second-order valence-electron chi connectivity index (χ2n) is 2.79. The average Bonchev–Trinajstić information content (AvgIpc) is 2.47. The third kappa shape index (κ3) is 1.38. The molecular weight excluding hydrogens is 170 g/mol. The van der Waals surface area contributed by atoms with Crippen LogP contribution >= 0.6 is 12.4 Å². The van der Waals surface area contributed by atoms with Crippen molar-refractivity contribution in [3.63, 3.8) is 0 Å². The number of nitrogens with two attached hydrogens (primary N) is 1. The van der Waals surface area contributed by atoms with E-state index in [1.165, 1.54) is 16.7 Å². The smallest absolute Gasteiger partial charge is 0.0181 e. The van der Waals surface area contributed by atoms with Crippen LogP contribution in [0.3, 0.4) is 0 Å². The Bertz CT molecular complexity index is 304. The average molecular weight is 182 g/mol. The van der Waals surface area contributed by atoms with E-state index in [2.05, 4.69) is 30.3 Å². The van der Waals surface area contributed by atoms with Crippen LogP contribution in [0.4, 0.5) is 0 Å². The van der Waals surface area contributed by atoms with Crippen molar-refractivity contribution in [1.82, 2.24) is 0 Å². The predicted octanol–water partition coefficient (Wildman–Crippen LogP) is 2.01. The Hall–Kier alpha value is -0.790. The van der Waals surface area contributed by atoms with E-state index >= 15 is 0 Å². The van der Waals surface area contributed by atoms with E-state index in [0.29, 0.717) is 6.54 Å². The molecule has 0 atom stereocenters. The summed E-state index contributed by atoms with van der Waals surface area (Å²) in [6.07, 6.45) is 3.27. The van der Waals surface area contributed by atoms with Crippen LogP contribution in [0.5, 0.6) is 0 Å². The third-order valence-electron chi connectivity index (χ3n) is 2.15. The van der Waals surface area contributed by atoms with Gasteiger partial charge in [0.25, 0.3) is 0 Å². The maximum Gasteiger partial charge on any atom is 0.0181 e. The van der Waals surface area contributed by atoms with Crippen molar-refractivity contribution in [3.8, 4) is 0 Å². The van der Waals surface area contributed by atoms with Gasteiger partial charge in [0, 0.05) is 6.54 Å². The fourth-order valence-corrected chi connectivity index (χ4v) is 1.55. The number of halogens is 1. The first-order valence-electron chi connectivity index (χ1n) is 3.89. The molecule has 1 aromatic rings. The van der Waals surface area contributed by atoms with Gasteiger partial charge in [-0.15, -0.1) is 12.4 Å². The Labute approximate surface area is 78.7 Å². The first kappa shape index (κ1) is 9.30. The molecule has 0 bridgehead atoms. The highest BCUT2D eigenvalue weighted by atomic mass is 35.5. The van der Waals surface area contributed by atoms with Gasteiger partial charge in [-0.2, -0.15) is 0 Å². The number of hydrogen-bond acceptors (Lipinski definition) is 1. The summed E-state index contributed by atoms with van der Waals surface area (Å²) in [7, 11) is 0. The Morgan fingerprint density at radius 1 is 1.25 bits per heavy atom. The summed E-state index contributed by atoms with van der Waals surface area (Å²) in [6.45, 7) is 0.664. The van der Waals surface area contributed by atoms with Gasteiger partial charge in [0.05, 0.1) is 0 Å². The van der Waals surface area contributed by atoms with E-state index in [-0.39, 0.29) is 12.4 Å². The van der Waals surface area contributed by atoms with Crippen LogP contribution in [-0.4, -0.2) is 6.54 Å². The molecule has 2 rings (SSSR count). The number of fused-ring (bicyclic) bond motifs is 1. The summed E-state index contributed by atoms with van der Waals surface area (Å²) < 4.78 is 0. The molecule has 0 aliphatic heterocycles. The summed E-state index contributed by atoms with van der Waals surface area (Å²) in [4.78, 5) is 0. The molecule has 2 heteroatoms. The molecule has 1 aromatic carbocycles. The highest BCUT2D eigenvalue weighted by Crippen LogP contribution is 2.25. The summed E-state index contributed by atoms with van der Waals surface area (Å²) in [5.41, 5.74) is 9.63. The quantitative estimate of drug-likeness (QED) is 0.705. The number of allylic oxidation sites excluding steroid dienone is 1. The van der Waals surface area contributed by atoms with E-state index in [0.717, 1.165) is 6.42 Å². The largest absolute Gasteiger partial charge is 0.326 e. The first-order valence-corrected chi connectivity index (χ1v) is 3.89. The van der Waals surface area contributed by atoms with Gasteiger partial charge in [-0.25, -0.2) is 0 Å². The van der Waals surface area contributed by atoms with Crippen LogP contribution in [-0.2, 0) is 6.42 Å². The number of benzene rings is 1. The second-order valence-corrected chi connectivity index (χ2v) is 2.79. The molecule has 0 spiro atoms. The van der Waals surface area contributed by atoms with Crippen molar-refractivity contribution in [3.05, 3.63) is 41.5 Å². The van der Waals surface area contributed by atoms with Crippen LogP contribution in [0.15, 0.2) is 30.3 Å². The van der Waals surface area contributed by atoms with Crippen LogP contribution < -0.4 is 5.73 Å². The molecule has 0 unspecified atom stereocenters. The fraction of sp³-hybridized carbons (Fsp3) is 0.200. The van der Waals surface area contributed by atoms with E-state index in [1.54, 1.807) is 0 Å².